The Hall–Kier alpha value is -2.25. The lowest BCUT2D eigenvalue weighted by atomic mass is 10.2. The first-order chi connectivity index (χ1) is 8.69. The van der Waals surface area contributed by atoms with Crippen LogP contribution < -0.4 is 0 Å². The first kappa shape index (κ1) is 12.2. The Balaban J connectivity index is 2.19. The molecule has 0 aliphatic rings. The van der Waals surface area contributed by atoms with Gasteiger partial charge in [0.05, 0.1) is 16.9 Å². The van der Waals surface area contributed by atoms with Gasteiger partial charge in [-0.3, -0.25) is 4.99 Å². The van der Waals surface area contributed by atoms with Crippen molar-refractivity contribution in [3.05, 3.63) is 58.6 Å². The predicted octanol–water partition coefficient (Wildman–Crippen LogP) is 3.50. The molecule has 5 heteroatoms. The van der Waals surface area contributed by atoms with Gasteiger partial charge in [0.1, 0.15) is 17.6 Å². The molecule has 0 radical (unpaired) electrons. The third-order valence-electron chi connectivity index (χ3n) is 2.17. The summed E-state index contributed by atoms with van der Waals surface area (Å²) in [6.07, 6.45) is 3.04. The van der Waals surface area contributed by atoms with Crippen LogP contribution in [0.1, 0.15) is 11.3 Å². The average Bonchev–Trinajstić information content (AvgIpc) is 2.41. The van der Waals surface area contributed by atoms with Crippen molar-refractivity contribution < 1.29 is 4.39 Å². The standard InChI is InChI=1S/C13H7ClFN3/c14-12-5-9(1-4-13(12)15)7-17-11-3-2-10(6-16)18-8-11/h1-5,7-8H/b17-7+. The fourth-order valence-corrected chi connectivity index (χ4v) is 1.46. The first-order valence-electron chi connectivity index (χ1n) is 5.04. The van der Waals surface area contributed by atoms with Crippen LogP contribution in [0.15, 0.2) is 41.5 Å². The van der Waals surface area contributed by atoms with E-state index in [1.165, 1.54) is 18.3 Å². The normalized spacial score (nSPS) is 10.5. The summed E-state index contributed by atoms with van der Waals surface area (Å²) in [5.74, 6) is -0.464. The quantitative estimate of drug-likeness (QED) is 0.775. The third kappa shape index (κ3) is 2.90. The van der Waals surface area contributed by atoms with Gasteiger partial charge in [-0.25, -0.2) is 9.37 Å². The van der Waals surface area contributed by atoms with Crippen molar-refractivity contribution in [2.24, 2.45) is 4.99 Å². The number of aliphatic imine (C=N–C) groups is 1. The van der Waals surface area contributed by atoms with Crippen LogP contribution in [-0.2, 0) is 0 Å². The molecule has 0 saturated carbocycles. The molecule has 0 spiro atoms. The molecule has 0 saturated heterocycles. The number of rotatable bonds is 2. The first-order valence-corrected chi connectivity index (χ1v) is 5.42. The van der Waals surface area contributed by atoms with E-state index in [1.807, 2.05) is 6.07 Å². The molecule has 0 aliphatic carbocycles. The zero-order valence-corrected chi connectivity index (χ0v) is 9.89. The van der Waals surface area contributed by atoms with Crippen LogP contribution in [0, 0.1) is 17.1 Å². The number of nitrogens with zero attached hydrogens (tertiary/aromatic N) is 3. The van der Waals surface area contributed by atoms with Crippen LogP contribution in [0.3, 0.4) is 0 Å². The Bertz CT molecular complexity index is 630. The molecule has 0 bridgehead atoms. The average molecular weight is 260 g/mol. The maximum Gasteiger partial charge on any atom is 0.141 e. The fourth-order valence-electron chi connectivity index (χ4n) is 1.27. The molecule has 3 nitrogen and oxygen atoms in total. The van der Waals surface area contributed by atoms with E-state index >= 15 is 0 Å². The van der Waals surface area contributed by atoms with E-state index in [-0.39, 0.29) is 5.02 Å². The summed E-state index contributed by atoms with van der Waals surface area (Å²) >= 11 is 5.65. The van der Waals surface area contributed by atoms with Crippen LogP contribution in [-0.4, -0.2) is 11.2 Å². The van der Waals surface area contributed by atoms with Crippen molar-refractivity contribution in [3.63, 3.8) is 0 Å². The topological polar surface area (TPSA) is 49.0 Å². The minimum absolute atomic E-state index is 0.0527. The Morgan fingerprint density at radius 1 is 1.33 bits per heavy atom. The zero-order valence-electron chi connectivity index (χ0n) is 9.14. The van der Waals surface area contributed by atoms with Crippen molar-refractivity contribution in [2.45, 2.75) is 0 Å². The van der Waals surface area contributed by atoms with Gasteiger partial charge >= 0.3 is 0 Å². The maximum absolute atomic E-state index is 12.9. The lowest BCUT2D eigenvalue weighted by molar-refractivity contribution is 0.628. The van der Waals surface area contributed by atoms with Gasteiger partial charge in [-0.1, -0.05) is 17.7 Å². The highest BCUT2D eigenvalue weighted by Crippen LogP contribution is 2.16. The van der Waals surface area contributed by atoms with Crippen LogP contribution in [0.5, 0.6) is 0 Å². The highest BCUT2D eigenvalue weighted by Gasteiger charge is 1.98. The van der Waals surface area contributed by atoms with Gasteiger partial charge in [0, 0.05) is 6.21 Å². The summed E-state index contributed by atoms with van der Waals surface area (Å²) in [4.78, 5) is 8.02. The summed E-state index contributed by atoms with van der Waals surface area (Å²) in [6.45, 7) is 0. The molecule has 0 atom stereocenters. The molecule has 0 fully saturated rings. The molecular formula is C13H7ClFN3. The number of hydrogen-bond acceptors (Lipinski definition) is 3. The largest absolute Gasteiger partial charge is 0.255 e. The van der Waals surface area contributed by atoms with Gasteiger partial charge in [0.25, 0.3) is 0 Å². The molecule has 88 valence electrons. The summed E-state index contributed by atoms with van der Waals surface area (Å²) in [5, 5.41) is 8.64. The molecule has 2 rings (SSSR count). The molecular weight excluding hydrogens is 253 g/mol. The minimum atomic E-state index is -0.464. The van der Waals surface area contributed by atoms with Gasteiger partial charge in [-0.05, 0) is 29.8 Å². The Kier molecular flexibility index (Phi) is 3.66. The molecule has 1 aromatic carbocycles. The number of aromatic nitrogens is 1. The van der Waals surface area contributed by atoms with Crippen LogP contribution in [0.4, 0.5) is 10.1 Å². The number of benzene rings is 1. The molecule has 0 amide bonds. The molecule has 0 aliphatic heterocycles. The Morgan fingerprint density at radius 2 is 2.17 bits per heavy atom. The molecule has 0 unspecified atom stereocenters. The van der Waals surface area contributed by atoms with E-state index in [4.69, 9.17) is 16.9 Å². The third-order valence-corrected chi connectivity index (χ3v) is 2.46. The van der Waals surface area contributed by atoms with E-state index in [0.29, 0.717) is 16.9 Å². The fraction of sp³-hybridized carbons (Fsp3) is 0. The second kappa shape index (κ2) is 5.39. The molecule has 1 aromatic heterocycles. The molecule has 2 aromatic rings. The van der Waals surface area contributed by atoms with Crippen molar-refractivity contribution in [1.82, 2.24) is 4.98 Å². The van der Waals surface area contributed by atoms with E-state index in [9.17, 15) is 4.39 Å². The Labute approximate surface area is 108 Å². The summed E-state index contributed by atoms with van der Waals surface area (Å²) < 4.78 is 12.9. The van der Waals surface area contributed by atoms with Crippen molar-refractivity contribution in [3.8, 4) is 6.07 Å². The van der Waals surface area contributed by atoms with Crippen LogP contribution in [0.2, 0.25) is 5.02 Å². The van der Waals surface area contributed by atoms with Gasteiger partial charge in [0.15, 0.2) is 0 Å². The maximum atomic E-state index is 12.9. The second-order valence-corrected chi connectivity index (χ2v) is 3.85. The lowest BCUT2D eigenvalue weighted by Gasteiger charge is -1.96. The van der Waals surface area contributed by atoms with E-state index < -0.39 is 5.82 Å². The number of nitriles is 1. The monoisotopic (exact) mass is 259 g/mol. The highest BCUT2D eigenvalue weighted by atomic mass is 35.5. The number of pyridine rings is 1. The van der Waals surface area contributed by atoms with Crippen molar-refractivity contribution >= 4 is 23.5 Å². The van der Waals surface area contributed by atoms with Gasteiger partial charge in [-0.2, -0.15) is 5.26 Å². The van der Waals surface area contributed by atoms with Crippen LogP contribution >= 0.6 is 11.6 Å². The van der Waals surface area contributed by atoms with Gasteiger partial charge < -0.3 is 0 Å². The lowest BCUT2D eigenvalue weighted by Crippen LogP contribution is -1.84. The summed E-state index contributed by atoms with van der Waals surface area (Å²) in [7, 11) is 0. The minimum Gasteiger partial charge on any atom is -0.255 e. The van der Waals surface area contributed by atoms with Crippen LogP contribution in [0.25, 0.3) is 0 Å². The zero-order chi connectivity index (χ0) is 13.0. The number of hydrogen-bond donors (Lipinski definition) is 0. The van der Waals surface area contributed by atoms with Crippen molar-refractivity contribution in [2.75, 3.05) is 0 Å². The second-order valence-electron chi connectivity index (χ2n) is 3.45. The van der Waals surface area contributed by atoms with E-state index in [2.05, 4.69) is 9.98 Å². The van der Waals surface area contributed by atoms with Gasteiger partial charge in [0.2, 0.25) is 0 Å². The molecule has 1 heterocycles. The SMILES string of the molecule is N#Cc1ccc(/N=C/c2ccc(F)c(Cl)c2)cn1. The summed E-state index contributed by atoms with van der Waals surface area (Å²) in [5.41, 5.74) is 1.62. The summed E-state index contributed by atoms with van der Waals surface area (Å²) in [6, 6.07) is 9.50. The Morgan fingerprint density at radius 3 is 2.78 bits per heavy atom. The highest BCUT2D eigenvalue weighted by molar-refractivity contribution is 6.31. The van der Waals surface area contributed by atoms with Crippen molar-refractivity contribution in [1.29, 1.82) is 5.26 Å². The predicted molar refractivity (Wildman–Crippen MR) is 67.6 cm³/mol. The number of halogens is 2. The van der Waals surface area contributed by atoms with E-state index in [1.54, 1.807) is 24.4 Å². The van der Waals surface area contributed by atoms with E-state index in [0.717, 1.165) is 0 Å². The molecule has 0 N–H and O–H groups in total. The smallest absolute Gasteiger partial charge is 0.141 e. The molecule has 18 heavy (non-hydrogen) atoms. The van der Waals surface area contributed by atoms with Gasteiger partial charge in [-0.15, -0.1) is 0 Å².